The van der Waals surface area contributed by atoms with Gasteiger partial charge in [-0.2, -0.15) is 0 Å². The lowest BCUT2D eigenvalue weighted by molar-refractivity contribution is 0.660. The third kappa shape index (κ3) is 11.2. The van der Waals surface area contributed by atoms with Crippen molar-refractivity contribution in [3.05, 3.63) is 515 Å². The SMILES string of the molecule is Cc1ccc(N(c2ccc(-c3ccc4c(c3)C(C)(C)c3ccccc3-4)cc2)c2ccc3c(-c4ccc5c(c4)C(c4ccccc4)(c4ccccc4)c4ccccc4-5)c4cc(N(c5ccc(-c6ccc7c(c6)C(C)(C)c6ccccc6-7)cc5)c5ccc6ccccc6c5)ccc4c(-c4ccc5c(c4)C(c4ccccc4)(c4ccccc4)c4ccccc4-5)c3c2)cc1. The van der Waals surface area contributed by atoms with Crippen LogP contribution in [-0.4, -0.2) is 0 Å². The molecule has 0 unspecified atom stereocenters. The second-order valence-electron chi connectivity index (χ2n) is 35.8. The minimum absolute atomic E-state index is 0.131. The summed E-state index contributed by atoms with van der Waals surface area (Å²) in [4.78, 5) is 4.98. The molecule has 0 N–H and O–H groups in total. The summed E-state index contributed by atoms with van der Waals surface area (Å²) in [5.41, 5.74) is 40.9. The number of nitrogens with zero attached hydrogens (tertiary/aromatic N) is 2. The van der Waals surface area contributed by atoms with Crippen LogP contribution in [0.3, 0.4) is 0 Å². The maximum absolute atomic E-state index is 2.59. The Kier molecular flexibility index (Phi) is 16.8. The van der Waals surface area contributed by atoms with Crippen LogP contribution >= 0.6 is 0 Å². The normalized spacial score (nSPS) is 14.1. The summed E-state index contributed by atoms with van der Waals surface area (Å²) in [5, 5.41) is 6.90. The van der Waals surface area contributed by atoms with E-state index in [-0.39, 0.29) is 10.8 Å². The Labute approximate surface area is 731 Å². The molecule has 0 spiro atoms. The number of hydrogen-bond donors (Lipinski definition) is 0. The Morgan fingerprint density at radius 3 is 0.864 bits per heavy atom. The summed E-state index contributed by atoms with van der Waals surface area (Å²) in [6.45, 7) is 11.7. The van der Waals surface area contributed by atoms with Crippen LogP contribution in [-0.2, 0) is 21.7 Å². The minimum atomic E-state index is -0.673. The molecule has 20 aromatic rings. The quantitative estimate of drug-likeness (QED) is 0.100. The monoisotopic (exact) mass is 1590 g/mol. The fourth-order valence-electron chi connectivity index (χ4n) is 22.6. The first kappa shape index (κ1) is 73.7. The number of fused-ring (bicyclic) bond motifs is 15. The Bertz CT molecular complexity index is 7670. The zero-order chi connectivity index (χ0) is 83.4. The van der Waals surface area contributed by atoms with E-state index in [1.807, 2.05) is 0 Å². The fraction of sp³-hybridized carbons (Fsp3) is 0.0732. The van der Waals surface area contributed by atoms with Crippen molar-refractivity contribution in [1.29, 1.82) is 0 Å². The smallest absolute Gasteiger partial charge is 0.0713 e. The first-order chi connectivity index (χ1) is 61.4. The molecule has 0 saturated carbocycles. The first-order valence-electron chi connectivity index (χ1n) is 44.0. The summed E-state index contributed by atoms with van der Waals surface area (Å²) in [5.74, 6) is 0. The van der Waals surface area contributed by atoms with E-state index < -0.39 is 10.8 Å². The van der Waals surface area contributed by atoms with Crippen molar-refractivity contribution in [2.24, 2.45) is 0 Å². The average molecular weight is 1590 g/mol. The van der Waals surface area contributed by atoms with Crippen LogP contribution in [0.2, 0.25) is 0 Å². The molecular formula is C123H88N2. The molecule has 24 rings (SSSR count). The highest BCUT2D eigenvalue weighted by Gasteiger charge is 2.49. The molecule has 0 radical (unpaired) electrons. The van der Waals surface area contributed by atoms with Gasteiger partial charge in [-0.25, -0.2) is 0 Å². The number of aryl methyl sites for hydroxylation is 1. The third-order valence-corrected chi connectivity index (χ3v) is 28.5. The standard InChI is InChI=1S/C123H88N2/c1-79-46-57-92(58-47-79)124(93-59-48-81(49-60-93)84-53-66-102-98-38-20-24-42-110(98)120(2,3)114(102)73-84)96-64-70-106-108(77-96)118(86-55-68-104-100-40-22-26-44-112(100)122(116(104)75-86,88-30-10-6-11-31-88)89-32-12-7-13-33-89)107-71-65-97(78-109(107)119(106)87-56-69-105-101-41-23-27-45-113(101)123(117(105)76-87,90-34-14-8-15-35-90)91-36-16-9-17-37-91)125(95-63-52-80-28-18-19-29-83(80)72-95)94-61-50-82(51-62-94)85-54-67-103-99-39-21-25-43-111(99)121(4,5)115(103)74-85/h6-78H,1-5H3. The van der Waals surface area contributed by atoms with Crippen molar-refractivity contribution in [2.75, 3.05) is 9.80 Å². The van der Waals surface area contributed by atoms with E-state index >= 15 is 0 Å². The molecular weight excluding hydrogens is 1510 g/mol. The van der Waals surface area contributed by atoms with E-state index in [0.29, 0.717) is 0 Å². The molecule has 0 heterocycles. The fourth-order valence-corrected chi connectivity index (χ4v) is 22.6. The summed E-state index contributed by atoms with van der Waals surface area (Å²) in [7, 11) is 0. The molecule has 0 amide bonds. The number of benzene rings is 20. The number of rotatable bonds is 14. The lowest BCUT2D eigenvalue weighted by atomic mass is 9.67. The van der Waals surface area contributed by atoms with Gasteiger partial charge < -0.3 is 9.80 Å². The van der Waals surface area contributed by atoms with E-state index in [1.165, 1.54) is 150 Å². The Hall–Kier alpha value is -15.2. The summed E-state index contributed by atoms with van der Waals surface area (Å²) in [6.07, 6.45) is 0. The van der Waals surface area contributed by atoms with Crippen LogP contribution in [0.15, 0.2) is 443 Å². The lowest BCUT2D eigenvalue weighted by Gasteiger charge is -2.34. The van der Waals surface area contributed by atoms with Crippen LogP contribution in [0.5, 0.6) is 0 Å². The van der Waals surface area contributed by atoms with Gasteiger partial charge in [0, 0.05) is 45.0 Å². The van der Waals surface area contributed by atoms with Crippen molar-refractivity contribution >= 4 is 66.4 Å². The molecule has 590 valence electrons. The van der Waals surface area contributed by atoms with E-state index in [0.717, 1.165) is 77.9 Å². The molecule has 0 fully saturated rings. The molecule has 0 saturated heterocycles. The molecule has 125 heavy (non-hydrogen) atoms. The van der Waals surface area contributed by atoms with Crippen molar-refractivity contribution in [2.45, 2.75) is 56.3 Å². The van der Waals surface area contributed by atoms with E-state index in [9.17, 15) is 0 Å². The molecule has 4 aliphatic rings. The minimum Gasteiger partial charge on any atom is -0.310 e. The highest BCUT2D eigenvalue weighted by Crippen LogP contribution is 2.62. The Morgan fingerprint density at radius 2 is 0.456 bits per heavy atom. The van der Waals surface area contributed by atoms with Gasteiger partial charge in [-0.1, -0.05) is 379 Å². The van der Waals surface area contributed by atoms with Crippen LogP contribution in [0, 0.1) is 6.92 Å². The predicted molar refractivity (Wildman–Crippen MR) is 525 cm³/mol. The van der Waals surface area contributed by atoms with Gasteiger partial charge in [0.15, 0.2) is 0 Å². The molecule has 0 aromatic heterocycles. The Morgan fingerprint density at radius 1 is 0.176 bits per heavy atom. The Balaban J connectivity index is 0.783. The maximum atomic E-state index is 2.59. The van der Waals surface area contributed by atoms with E-state index in [4.69, 9.17) is 0 Å². The summed E-state index contributed by atoms with van der Waals surface area (Å²) < 4.78 is 0. The van der Waals surface area contributed by atoms with Gasteiger partial charge in [0.1, 0.15) is 0 Å². The largest absolute Gasteiger partial charge is 0.310 e. The van der Waals surface area contributed by atoms with Crippen LogP contribution < -0.4 is 9.80 Å². The number of hydrogen-bond acceptors (Lipinski definition) is 2. The van der Waals surface area contributed by atoms with Crippen molar-refractivity contribution < 1.29 is 0 Å². The van der Waals surface area contributed by atoms with E-state index in [2.05, 4.69) is 487 Å². The number of anilines is 6. The molecule has 0 aliphatic heterocycles. The summed E-state index contributed by atoms with van der Waals surface area (Å²) >= 11 is 0. The second kappa shape index (κ2) is 28.4. The molecule has 0 atom stereocenters. The van der Waals surface area contributed by atoms with Crippen molar-refractivity contribution in [3.63, 3.8) is 0 Å². The molecule has 2 nitrogen and oxygen atoms in total. The first-order valence-corrected chi connectivity index (χ1v) is 44.0. The van der Waals surface area contributed by atoms with E-state index in [1.54, 1.807) is 0 Å². The van der Waals surface area contributed by atoms with Gasteiger partial charge in [0.2, 0.25) is 0 Å². The summed E-state index contributed by atoms with van der Waals surface area (Å²) in [6, 6.07) is 169. The van der Waals surface area contributed by atoms with Gasteiger partial charge in [-0.15, -0.1) is 0 Å². The molecule has 0 bridgehead atoms. The van der Waals surface area contributed by atoms with Crippen LogP contribution in [0.25, 0.3) is 121 Å². The molecule has 20 aromatic carbocycles. The zero-order valence-electron chi connectivity index (χ0n) is 70.5. The van der Waals surface area contributed by atoms with Crippen molar-refractivity contribution in [1.82, 2.24) is 0 Å². The third-order valence-electron chi connectivity index (χ3n) is 28.5. The van der Waals surface area contributed by atoms with Gasteiger partial charge in [-0.3, -0.25) is 0 Å². The highest BCUT2D eigenvalue weighted by atomic mass is 15.1. The van der Waals surface area contributed by atoms with Gasteiger partial charge >= 0.3 is 0 Å². The van der Waals surface area contributed by atoms with Crippen molar-refractivity contribution in [3.8, 4) is 89.0 Å². The molecule has 2 heteroatoms. The van der Waals surface area contributed by atoms with Gasteiger partial charge in [0.25, 0.3) is 0 Å². The zero-order valence-corrected chi connectivity index (χ0v) is 70.5. The maximum Gasteiger partial charge on any atom is 0.0713 e. The highest BCUT2D eigenvalue weighted by molar-refractivity contribution is 6.23. The van der Waals surface area contributed by atoms with Gasteiger partial charge in [0.05, 0.1) is 10.8 Å². The van der Waals surface area contributed by atoms with Crippen LogP contribution in [0.1, 0.15) is 100 Å². The van der Waals surface area contributed by atoms with Gasteiger partial charge in [-0.05, 0) is 292 Å². The van der Waals surface area contributed by atoms with Crippen LogP contribution in [0.4, 0.5) is 34.1 Å². The molecule has 4 aliphatic carbocycles. The lowest BCUT2D eigenvalue weighted by Crippen LogP contribution is -2.28. The predicted octanol–water partition coefficient (Wildman–Crippen LogP) is 32.4. The second-order valence-corrected chi connectivity index (χ2v) is 35.8. The topological polar surface area (TPSA) is 6.48 Å². The average Bonchev–Trinajstić information content (AvgIpc) is 1.53.